The van der Waals surface area contributed by atoms with Crippen LogP contribution in [0.15, 0.2) is 71.1 Å². The molecule has 10 heteroatoms. The maximum Gasteiger partial charge on any atom is 0.410 e. The van der Waals surface area contributed by atoms with Gasteiger partial charge in [-0.25, -0.2) is 9.78 Å². The summed E-state index contributed by atoms with van der Waals surface area (Å²) in [5, 5.41) is 19.8. The lowest BCUT2D eigenvalue weighted by molar-refractivity contribution is -0.126. The number of aliphatic hydroxyl groups is 1. The average molecular weight is 657 g/mol. The van der Waals surface area contributed by atoms with Gasteiger partial charge in [-0.1, -0.05) is 67.6 Å². The van der Waals surface area contributed by atoms with E-state index in [2.05, 4.69) is 15.6 Å². The van der Waals surface area contributed by atoms with Gasteiger partial charge in [-0.3, -0.25) is 9.59 Å². The minimum atomic E-state index is -1.53. The molecule has 0 aliphatic carbocycles. The predicted molar refractivity (Wildman–Crippen MR) is 185 cm³/mol. The fourth-order valence-corrected chi connectivity index (χ4v) is 6.09. The molecule has 0 spiro atoms. The van der Waals surface area contributed by atoms with E-state index in [9.17, 15) is 19.5 Å². The molecule has 3 aromatic carbocycles. The molecule has 1 fully saturated rings. The molecule has 4 aromatic rings. The monoisotopic (exact) mass is 656 g/mol. The van der Waals surface area contributed by atoms with Crippen molar-refractivity contribution in [1.82, 2.24) is 20.5 Å². The molecule has 256 valence electrons. The lowest BCUT2D eigenvalue weighted by Crippen LogP contribution is -2.45. The molecular formula is C38H48N4O6. The Balaban J connectivity index is 1.12. The summed E-state index contributed by atoms with van der Waals surface area (Å²) in [6.07, 6.45) is 2.59. The Morgan fingerprint density at radius 3 is 2.44 bits per heavy atom. The highest BCUT2D eigenvalue weighted by atomic mass is 16.6. The Hall–Kier alpha value is -4.44. The molecule has 1 aliphatic heterocycles. The van der Waals surface area contributed by atoms with Crippen LogP contribution >= 0.6 is 0 Å². The van der Waals surface area contributed by atoms with Gasteiger partial charge in [0.25, 0.3) is 0 Å². The third-order valence-electron chi connectivity index (χ3n) is 8.91. The quantitative estimate of drug-likeness (QED) is 0.168. The van der Waals surface area contributed by atoms with Crippen molar-refractivity contribution >= 4 is 39.8 Å². The van der Waals surface area contributed by atoms with Crippen LogP contribution in [0.4, 0.5) is 4.79 Å². The van der Waals surface area contributed by atoms with Crippen LogP contribution in [0, 0.1) is 11.8 Å². The van der Waals surface area contributed by atoms with E-state index in [1.54, 1.807) is 4.90 Å². The first-order chi connectivity index (χ1) is 22.9. The van der Waals surface area contributed by atoms with Crippen LogP contribution in [0.1, 0.15) is 71.3 Å². The first-order valence-corrected chi connectivity index (χ1v) is 17.0. The fourth-order valence-electron chi connectivity index (χ4n) is 6.09. The number of carbonyl (C=O) groups is 3. The maximum absolute atomic E-state index is 13.1. The van der Waals surface area contributed by atoms with Crippen molar-refractivity contribution in [2.24, 2.45) is 11.8 Å². The molecule has 1 aliphatic rings. The van der Waals surface area contributed by atoms with E-state index in [0.717, 1.165) is 16.3 Å². The summed E-state index contributed by atoms with van der Waals surface area (Å²) in [5.74, 6) is -0.181. The summed E-state index contributed by atoms with van der Waals surface area (Å²) in [4.78, 5) is 44.5. The highest BCUT2D eigenvalue weighted by Crippen LogP contribution is 2.32. The zero-order chi connectivity index (χ0) is 34.3. The van der Waals surface area contributed by atoms with E-state index < -0.39 is 11.2 Å². The van der Waals surface area contributed by atoms with Crippen molar-refractivity contribution in [3.05, 3.63) is 78.2 Å². The lowest BCUT2D eigenvalue weighted by atomic mass is 9.94. The van der Waals surface area contributed by atoms with Gasteiger partial charge in [-0.15, -0.1) is 0 Å². The van der Waals surface area contributed by atoms with Crippen LogP contribution in [0.25, 0.3) is 21.9 Å². The zero-order valence-electron chi connectivity index (χ0n) is 28.5. The number of carbonyl (C=O) groups excluding carboxylic acids is 3. The lowest BCUT2D eigenvalue weighted by Gasteiger charge is -2.33. The predicted octanol–water partition coefficient (Wildman–Crippen LogP) is 6.10. The van der Waals surface area contributed by atoms with Crippen molar-refractivity contribution in [3.63, 3.8) is 0 Å². The van der Waals surface area contributed by atoms with E-state index in [1.807, 2.05) is 94.4 Å². The second kappa shape index (κ2) is 15.2. The summed E-state index contributed by atoms with van der Waals surface area (Å²) in [7, 11) is 0. The molecule has 2 unspecified atom stereocenters. The number of rotatable bonds is 12. The standard InChI is InChI=1S/C38H48N4O6/c1-26(17-21-39-34(44)29-18-22-42(23-19-29)36(45)48-37(2,3)4)24-32(43)40-25-38(46,20-16-27-10-6-5-7-11-27)35-41-31-15-14-28-12-8-9-13-30(28)33(31)47-35/h5-15,26,29,46H,16-25H2,1-4H3,(H,39,44)(H,40,43). The molecule has 48 heavy (non-hydrogen) atoms. The van der Waals surface area contributed by atoms with Gasteiger partial charge >= 0.3 is 6.09 Å². The van der Waals surface area contributed by atoms with Gasteiger partial charge in [-0.2, -0.15) is 0 Å². The van der Waals surface area contributed by atoms with Crippen molar-refractivity contribution < 1.29 is 28.6 Å². The van der Waals surface area contributed by atoms with Gasteiger partial charge in [0.05, 0.1) is 6.54 Å². The van der Waals surface area contributed by atoms with Crippen LogP contribution in [0.5, 0.6) is 0 Å². The maximum atomic E-state index is 13.1. The largest absolute Gasteiger partial charge is 0.444 e. The van der Waals surface area contributed by atoms with Crippen molar-refractivity contribution in [3.8, 4) is 0 Å². The number of amides is 3. The van der Waals surface area contributed by atoms with Crippen LogP contribution in [0.2, 0.25) is 0 Å². The van der Waals surface area contributed by atoms with Gasteiger partial charge in [0.1, 0.15) is 11.1 Å². The van der Waals surface area contributed by atoms with Crippen LogP contribution < -0.4 is 10.6 Å². The highest BCUT2D eigenvalue weighted by molar-refractivity contribution is 6.02. The first-order valence-electron chi connectivity index (χ1n) is 17.0. The minimum absolute atomic E-state index is 0.00687. The number of likely N-dealkylation sites (tertiary alicyclic amines) is 1. The molecule has 1 saturated heterocycles. The zero-order valence-corrected chi connectivity index (χ0v) is 28.5. The number of aromatic nitrogens is 1. The third kappa shape index (κ3) is 9.13. The van der Waals surface area contributed by atoms with E-state index >= 15 is 0 Å². The number of fused-ring (bicyclic) bond motifs is 3. The number of ether oxygens (including phenoxy) is 1. The van der Waals surface area contributed by atoms with Gasteiger partial charge in [0, 0.05) is 37.4 Å². The fraction of sp³-hybridized carbons (Fsp3) is 0.474. The third-order valence-corrected chi connectivity index (χ3v) is 8.91. The molecule has 0 saturated carbocycles. The Bertz CT molecular complexity index is 1710. The van der Waals surface area contributed by atoms with Crippen LogP contribution in [-0.2, 0) is 26.3 Å². The smallest absolute Gasteiger partial charge is 0.410 e. The number of nitrogens with one attached hydrogen (secondary N) is 2. The SMILES string of the molecule is CC(CCNC(=O)C1CCN(C(=O)OC(C)(C)C)CC1)CC(=O)NCC(O)(CCc1ccccc1)c1nc2ccc3ccccc3c2o1. The molecule has 2 heterocycles. The summed E-state index contributed by atoms with van der Waals surface area (Å²) in [5.41, 5.74) is 0.244. The van der Waals surface area contributed by atoms with E-state index in [-0.39, 0.29) is 48.6 Å². The van der Waals surface area contributed by atoms with Gasteiger partial charge in [0.2, 0.25) is 17.7 Å². The Morgan fingerprint density at radius 2 is 1.71 bits per heavy atom. The minimum Gasteiger partial charge on any atom is -0.444 e. The molecule has 1 aromatic heterocycles. The van der Waals surface area contributed by atoms with Crippen molar-refractivity contribution in [2.45, 2.75) is 77.4 Å². The van der Waals surface area contributed by atoms with Crippen LogP contribution in [-0.4, -0.2) is 64.7 Å². The highest BCUT2D eigenvalue weighted by Gasteiger charge is 2.36. The summed E-state index contributed by atoms with van der Waals surface area (Å²) in [6.45, 7) is 8.87. The van der Waals surface area contributed by atoms with Crippen LogP contribution in [0.3, 0.4) is 0 Å². The van der Waals surface area contributed by atoms with E-state index in [0.29, 0.717) is 62.8 Å². The number of benzene rings is 3. The average Bonchev–Trinajstić information content (AvgIpc) is 3.52. The number of nitrogens with zero attached hydrogens (tertiary/aromatic N) is 2. The number of hydrogen-bond donors (Lipinski definition) is 3. The summed E-state index contributed by atoms with van der Waals surface area (Å²) in [6, 6.07) is 21.6. The number of oxazole rings is 1. The first kappa shape index (κ1) is 34.9. The second-order valence-corrected chi connectivity index (χ2v) is 14.1. The summed E-state index contributed by atoms with van der Waals surface area (Å²) < 4.78 is 11.7. The van der Waals surface area contributed by atoms with E-state index in [4.69, 9.17) is 9.15 Å². The molecule has 10 nitrogen and oxygen atoms in total. The number of hydrogen-bond acceptors (Lipinski definition) is 7. The molecule has 2 atom stereocenters. The Kier molecular flexibility index (Phi) is 11.0. The molecule has 3 N–H and O–H groups in total. The molecule has 5 rings (SSSR count). The molecule has 0 radical (unpaired) electrons. The van der Waals surface area contributed by atoms with E-state index in [1.165, 1.54) is 0 Å². The van der Waals surface area contributed by atoms with Crippen molar-refractivity contribution in [2.75, 3.05) is 26.2 Å². The Morgan fingerprint density at radius 1 is 1.00 bits per heavy atom. The topological polar surface area (TPSA) is 134 Å². The number of piperidine rings is 1. The van der Waals surface area contributed by atoms with Gasteiger partial charge in [-0.05, 0) is 75.8 Å². The number of aryl methyl sites for hydroxylation is 1. The molecular weight excluding hydrogens is 608 g/mol. The Labute approximate surface area is 282 Å². The second-order valence-electron chi connectivity index (χ2n) is 14.1. The van der Waals surface area contributed by atoms with Gasteiger partial charge < -0.3 is 29.8 Å². The van der Waals surface area contributed by atoms with Gasteiger partial charge in [0.15, 0.2) is 11.2 Å². The normalized spacial score (nSPS) is 16.0. The molecule has 3 amide bonds. The van der Waals surface area contributed by atoms with Crippen molar-refractivity contribution in [1.29, 1.82) is 0 Å². The molecule has 0 bridgehead atoms. The summed E-state index contributed by atoms with van der Waals surface area (Å²) >= 11 is 0.